The van der Waals surface area contributed by atoms with E-state index >= 15 is 0 Å². The molecule has 27 heavy (non-hydrogen) atoms. The molecule has 0 aliphatic rings. The van der Waals surface area contributed by atoms with Gasteiger partial charge in [-0.15, -0.1) is 0 Å². The van der Waals surface area contributed by atoms with E-state index in [9.17, 15) is 5.11 Å². The number of nitrogens with one attached hydrogen (secondary N) is 1. The summed E-state index contributed by atoms with van der Waals surface area (Å²) in [5, 5.41) is 13.8. The Labute approximate surface area is 158 Å². The molecular weight excluding hydrogens is 340 g/mol. The molecule has 3 rings (SSSR count). The van der Waals surface area contributed by atoms with Crippen LogP contribution in [0.2, 0.25) is 0 Å². The Balaban J connectivity index is 1.74. The van der Waals surface area contributed by atoms with Crippen LogP contribution in [0.4, 0.5) is 5.69 Å². The zero-order valence-electron chi connectivity index (χ0n) is 15.3. The Hall–Kier alpha value is -3.47. The Kier molecular flexibility index (Phi) is 5.94. The molecule has 0 unspecified atom stereocenters. The molecule has 0 radical (unpaired) electrons. The van der Waals surface area contributed by atoms with Gasteiger partial charge in [0.25, 0.3) is 0 Å². The van der Waals surface area contributed by atoms with Gasteiger partial charge >= 0.3 is 0 Å². The first kappa shape index (κ1) is 18.3. The van der Waals surface area contributed by atoms with Crippen LogP contribution in [0.5, 0.6) is 11.5 Å². The molecule has 5 nitrogen and oxygen atoms in total. The molecule has 3 aromatic rings. The van der Waals surface area contributed by atoms with Gasteiger partial charge in [0.1, 0.15) is 17.3 Å². The van der Waals surface area contributed by atoms with Gasteiger partial charge < -0.3 is 19.9 Å². The predicted octanol–water partition coefficient (Wildman–Crippen LogP) is 4.77. The van der Waals surface area contributed by atoms with E-state index in [2.05, 4.69) is 10.3 Å². The minimum Gasteiger partial charge on any atom is -0.507 e. The summed E-state index contributed by atoms with van der Waals surface area (Å²) in [6, 6.07) is 17.1. The maximum Gasteiger partial charge on any atom is 0.127 e. The summed E-state index contributed by atoms with van der Waals surface area (Å²) in [7, 11) is 3.27. The van der Waals surface area contributed by atoms with Gasteiger partial charge in [0.05, 0.1) is 14.2 Å². The van der Waals surface area contributed by atoms with Crippen molar-refractivity contribution in [1.82, 2.24) is 4.98 Å². The topological polar surface area (TPSA) is 63.6 Å². The zero-order chi connectivity index (χ0) is 19.1. The maximum atomic E-state index is 10.4. The molecule has 2 N–H and O–H groups in total. The Morgan fingerprint density at radius 1 is 1.07 bits per heavy atom. The van der Waals surface area contributed by atoms with Crippen molar-refractivity contribution in [3.63, 3.8) is 0 Å². The number of hydrogen-bond acceptors (Lipinski definition) is 5. The quantitative estimate of drug-likeness (QED) is 0.593. The van der Waals surface area contributed by atoms with Gasteiger partial charge in [-0.3, -0.25) is 4.98 Å². The summed E-state index contributed by atoms with van der Waals surface area (Å²) >= 11 is 0. The van der Waals surface area contributed by atoms with Crippen molar-refractivity contribution in [3.05, 3.63) is 83.7 Å². The summed E-state index contributed by atoms with van der Waals surface area (Å²) in [5.41, 5.74) is 3.48. The number of pyridine rings is 1. The van der Waals surface area contributed by atoms with E-state index < -0.39 is 0 Å². The molecule has 0 aliphatic heterocycles. The highest BCUT2D eigenvalue weighted by Gasteiger charge is 2.06. The third kappa shape index (κ3) is 4.79. The number of aliphatic hydroxyl groups excluding tert-OH is 1. The van der Waals surface area contributed by atoms with E-state index in [1.165, 1.54) is 0 Å². The average Bonchev–Trinajstić information content (AvgIpc) is 2.73. The van der Waals surface area contributed by atoms with Crippen LogP contribution in [-0.4, -0.2) is 24.3 Å². The van der Waals surface area contributed by atoms with E-state index in [0.717, 1.165) is 33.9 Å². The van der Waals surface area contributed by atoms with Gasteiger partial charge in [0.2, 0.25) is 0 Å². The van der Waals surface area contributed by atoms with Crippen LogP contribution in [-0.2, 0) is 6.54 Å². The first-order valence-corrected chi connectivity index (χ1v) is 8.55. The molecular formula is C22H22N2O3. The lowest BCUT2D eigenvalue weighted by Crippen LogP contribution is -2.02. The second-order valence-corrected chi connectivity index (χ2v) is 5.93. The van der Waals surface area contributed by atoms with Crippen LogP contribution < -0.4 is 14.8 Å². The number of ether oxygens (including phenoxy) is 2. The van der Waals surface area contributed by atoms with Gasteiger partial charge in [-0.2, -0.15) is 0 Å². The third-order valence-corrected chi connectivity index (χ3v) is 4.12. The summed E-state index contributed by atoms with van der Waals surface area (Å²) in [4.78, 5) is 4.05. The van der Waals surface area contributed by atoms with Crippen LogP contribution in [0, 0.1) is 0 Å². The lowest BCUT2D eigenvalue weighted by Gasteiger charge is -2.12. The largest absolute Gasteiger partial charge is 0.507 e. The highest BCUT2D eigenvalue weighted by Crippen LogP contribution is 2.26. The van der Waals surface area contributed by atoms with Crippen molar-refractivity contribution in [2.75, 3.05) is 19.5 Å². The molecule has 0 saturated carbocycles. The van der Waals surface area contributed by atoms with Crippen molar-refractivity contribution in [2.45, 2.75) is 6.54 Å². The number of benzene rings is 2. The Morgan fingerprint density at radius 2 is 1.96 bits per heavy atom. The van der Waals surface area contributed by atoms with Crippen LogP contribution in [0.1, 0.15) is 16.7 Å². The van der Waals surface area contributed by atoms with Crippen LogP contribution >= 0.6 is 0 Å². The fourth-order valence-electron chi connectivity index (χ4n) is 2.69. The first-order valence-electron chi connectivity index (χ1n) is 8.55. The first-order chi connectivity index (χ1) is 13.2. The Morgan fingerprint density at radius 3 is 2.70 bits per heavy atom. The van der Waals surface area contributed by atoms with Crippen LogP contribution in [0.15, 0.2) is 67.0 Å². The van der Waals surface area contributed by atoms with Crippen molar-refractivity contribution in [3.8, 4) is 11.5 Å². The molecule has 0 saturated heterocycles. The molecule has 0 fully saturated rings. The highest BCUT2D eigenvalue weighted by molar-refractivity contribution is 5.77. The van der Waals surface area contributed by atoms with Crippen LogP contribution in [0.25, 0.3) is 11.8 Å². The lowest BCUT2D eigenvalue weighted by atomic mass is 10.1. The smallest absolute Gasteiger partial charge is 0.127 e. The molecule has 0 bridgehead atoms. The average molecular weight is 362 g/mol. The van der Waals surface area contributed by atoms with Gasteiger partial charge in [0, 0.05) is 41.8 Å². The monoisotopic (exact) mass is 362 g/mol. The standard InChI is InChI=1S/C22H22N2O3/c1-26-20-9-8-18(22(13-20)27-2)15-24-19-7-3-6-17(12-19)21(25)11-16-5-4-10-23-14-16/h3-14,24-25H,15H2,1-2H3/b21-11-. The van der Waals surface area contributed by atoms with E-state index in [0.29, 0.717) is 6.54 Å². The fraction of sp³-hybridized carbons (Fsp3) is 0.136. The molecule has 138 valence electrons. The second kappa shape index (κ2) is 8.76. The van der Waals surface area contributed by atoms with Gasteiger partial charge in [-0.05, 0) is 42.0 Å². The van der Waals surface area contributed by atoms with Crippen molar-refractivity contribution >= 4 is 17.5 Å². The second-order valence-electron chi connectivity index (χ2n) is 5.93. The number of methoxy groups -OCH3 is 2. The summed E-state index contributed by atoms with van der Waals surface area (Å²) in [6.07, 6.45) is 5.10. The summed E-state index contributed by atoms with van der Waals surface area (Å²) < 4.78 is 10.7. The lowest BCUT2D eigenvalue weighted by molar-refractivity contribution is 0.391. The number of hydrogen-bond donors (Lipinski definition) is 2. The number of anilines is 1. The van der Waals surface area contributed by atoms with Crippen molar-refractivity contribution in [1.29, 1.82) is 0 Å². The summed E-state index contributed by atoms with van der Waals surface area (Å²) in [5.74, 6) is 1.70. The molecule has 1 aromatic heterocycles. The van der Waals surface area contributed by atoms with E-state index in [1.807, 2.05) is 54.6 Å². The minimum atomic E-state index is 0.189. The van der Waals surface area contributed by atoms with Gasteiger partial charge in [-0.25, -0.2) is 0 Å². The van der Waals surface area contributed by atoms with Crippen molar-refractivity contribution in [2.24, 2.45) is 0 Å². The number of rotatable bonds is 7. The normalized spacial score (nSPS) is 11.1. The molecule has 0 spiro atoms. The molecule has 0 amide bonds. The molecule has 0 atom stereocenters. The van der Waals surface area contributed by atoms with E-state index in [1.54, 1.807) is 32.7 Å². The fourth-order valence-corrected chi connectivity index (χ4v) is 2.69. The van der Waals surface area contributed by atoms with Crippen LogP contribution in [0.3, 0.4) is 0 Å². The molecule has 5 heteroatoms. The molecule has 1 heterocycles. The van der Waals surface area contributed by atoms with Gasteiger partial charge in [0.15, 0.2) is 0 Å². The van der Waals surface area contributed by atoms with Gasteiger partial charge in [-0.1, -0.05) is 18.2 Å². The molecule has 0 aliphatic carbocycles. The number of aliphatic hydroxyl groups is 1. The number of aromatic nitrogens is 1. The highest BCUT2D eigenvalue weighted by atomic mass is 16.5. The van der Waals surface area contributed by atoms with Crippen molar-refractivity contribution < 1.29 is 14.6 Å². The summed E-state index contributed by atoms with van der Waals surface area (Å²) in [6.45, 7) is 0.587. The predicted molar refractivity (Wildman–Crippen MR) is 108 cm³/mol. The third-order valence-electron chi connectivity index (χ3n) is 4.12. The number of nitrogens with zero attached hydrogens (tertiary/aromatic N) is 1. The maximum absolute atomic E-state index is 10.4. The van der Waals surface area contributed by atoms with E-state index in [4.69, 9.17) is 9.47 Å². The zero-order valence-corrected chi connectivity index (χ0v) is 15.3. The molecule has 2 aromatic carbocycles. The Bertz CT molecular complexity index is 924. The van der Waals surface area contributed by atoms with E-state index in [-0.39, 0.29) is 5.76 Å². The SMILES string of the molecule is COc1ccc(CNc2cccc(/C(O)=C/c3cccnc3)c2)c(OC)c1. The minimum absolute atomic E-state index is 0.189.